The van der Waals surface area contributed by atoms with E-state index in [0.29, 0.717) is 12.8 Å². The van der Waals surface area contributed by atoms with Crippen LogP contribution in [0.15, 0.2) is 48.6 Å². The highest BCUT2D eigenvalue weighted by Crippen LogP contribution is 2.47. The zero-order chi connectivity index (χ0) is 55.0. The summed E-state index contributed by atoms with van der Waals surface area (Å²) in [4.78, 5) is 27.3. The van der Waals surface area contributed by atoms with E-state index in [1.165, 1.54) is 38.5 Å². The maximum absolute atomic E-state index is 13.6. The number of esters is 2. The number of carbonyl (C=O) groups excluding carboxylic acids is 2. The number of methoxy groups -OCH3 is 2. The van der Waals surface area contributed by atoms with Crippen LogP contribution >= 0.6 is 0 Å². The van der Waals surface area contributed by atoms with Crippen LogP contribution in [-0.4, -0.2) is 166 Å². The van der Waals surface area contributed by atoms with Crippen molar-refractivity contribution in [1.82, 2.24) is 0 Å². The number of rotatable bonds is 16. The molecule has 0 amide bonds. The summed E-state index contributed by atoms with van der Waals surface area (Å²) in [6.07, 6.45) is 2.08. The lowest BCUT2D eigenvalue weighted by Gasteiger charge is -2.52. The van der Waals surface area contributed by atoms with E-state index >= 15 is 0 Å². The molecule has 18 nitrogen and oxygen atoms in total. The number of hydrogen-bond acceptors (Lipinski definition) is 18. The minimum Gasteiger partial charge on any atom is -0.458 e. The second-order valence-electron chi connectivity index (χ2n) is 22.0. The lowest BCUT2D eigenvalue weighted by molar-refractivity contribution is -0.352. The van der Waals surface area contributed by atoms with E-state index in [9.17, 15) is 40.2 Å². The van der Waals surface area contributed by atoms with Crippen molar-refractivity contribution in [2.45, 2.75) is 231 Å². The van der Waals surface area contributed by atoms with Crippen LogP contribution in [0.25, 0.3) is 0 Å². The first kappa shape index (κ1) is 62.2. The Labute approximate surface area is 439 Å². The van der Waals surface area contributed by atoms with Crippen LogP contribution in [-0.2, 0) is 57.0 Å². The fourth-order valence-corrected chi connectivity index (χ4v) is 12.2. The van der Waals surface area contributed by atoms with Crippen LogP contribution in [0.5, 0.6) is 0 Å². The van der Waals surface area contributed by atoms with Crippen molar-refractivity contribution in [3.63, 3.8) is 0 Å². The maximum Gasteiger partial charge on any atom is 0.331 e. The lowest BCUT2D eigenvalue weighted by Crippen LogP contribution is -2.60. The lowest BCUT2D eigenvalue weighted by atomic mass is 9.76. The second kappa shape index (κ2) is 27.3. The van der Waals surface area contributed by atoms with Crippen molar-refractivity contribution in [2.75, 3.05) is 14.2 Å². The molecule has 26 atom stereocenters. The standard InChI is InChI=1S/C56H92O18/c1-15-39-35(9)73-55(65-13,27-43(39)69-47-25-41(57)51(63)37(11)67-47)33(7)49(61)31(5)53-29(3)21-17-19-24-46(60)72-54(30(4)22-18-20-23-45(59)71-53)32(6)50(62)34(8)56(66-14)28-44(40(16-2)36(10)74-56)70-48-26-42(58)52(64)38(12)68-48/h17-24,29-44,47-54,57-58,61-64H,15-16,25-28H2,1-14H3/t29-,30-,31-,32-,33-,34-,35+,36+,37-,38-,39+,40+,41-,42-,43+,44+,47-,48-,49+,50+,51+,52+,53-,54-,55+,56+/m0/s1. The smallest absolute Gasteiger partial charge is 0.331 e. The van der Waals surface area contributed by atoms with Gasteiger partial charge in [-0.2, -0.15) is 0 Å². The summed E-state index contributed by atoms with van der Waals surface area (Å²) in [5.74, 6) is -7.70. The SMILES string of the molecule is CC[C@@H]1[C@@H](C)O[C@@](OC)([C@@H](C)[C@H](O)[C@H](C)[C@H]2OC(=O)C=CC=C[C@H](C)[C@@H]([C@@H](C)[C@@H](O)[C@H](C)[C@@]3(OC)C[C@@H](O[C@H]4C[C@H](O)[C@H](O)[C@H](C)O4)[C@H](CC)[C@@H](C)O3)OC(=O)C=CC=C[C@@H]2C)C[C@H]1O[C@H]1C[C@H](O)[C@H](O)[C@H](C)O1. The van der Waals surface area contributed by atoms with E-state index in [-0.39, 0.29) is 49.7 Å². The van der Waals surface area contributed by atoms with Crippen molar-refractivity contribution in [1.29, 1.82) is 0 Å². The first-order chi connectivity index (χ1) is 34.9. The second-order valence-corrected chi connectivity index (χ2v) is 22.0. The molecule has 424 valence electrons. The first-order valence-corrected chi connectivity index (χ1v) is 27.1. The van der Waals surface area contributed by atoms with Gasteiger partial charge in [-0.05, 0) is 40.5 Å². The maximum atomic E-state index is 13.6. The third-order valence-electron chi connectivity index (χ3n) is 17.1. The Morgan fingerprint density at radius 3 is 1.24 bits per heavy atom. The fourth-order valence-electron chi connectivity index (χ4n) is 12.2. The summed E-state index contributed by atoms with van der Waals surface area (Å²) in [6.45, 7) is 22.3. The summed E-state index contributed by atoms with van der Waals surface area (Å²) in [5.41, 5.74) is 0. The van der Waals surface area contributed by atoms with E-state index < -0.39 is 145 Å². The van der Waals surface area contributed by atoms with Gasteiger partial charge in [0.25, 0.3) is 0 Å². The molecule has 0 aliphatic carbocycles. The fraction of sp³-hybridized carbons (Fsp3) is 0.821. The molecule has 5 heterocycles. The third kappa shape index (κ3) is 14.5. The van der Waals surface area contributed by atoms with Gasteiger partial charge in [-0.25, -0.2) is 9.59 Å². The van der Waals surface area contributed by atoms with Gasteiger partial charge in [0, 0.05) is 99.4 Å². The zero-order valence-electron chi connectivity index (χ0n) is 46.3. The Morgan fingerprint density at radius 1 is 0.581 bits per heavy atom. The Balaban J connectivity index is 1.31. The van der Waals surface area contributed by atoms with Crippen LogP contribution < -0.4 is 0 Å². The Kier molecular flexibility index (Phi) is 22.9. The number of aliphatic hydroxyl groups is 6. The highest BCUT2D eigenvalue weighted by Gasteiger charge is 2.55. The Morgan fingerprint density at radius 2 is 0.932 bits per heavy atom. The molecular weight excluding hydrogens is 961 g/mol. The van der Waals surface area contributed by atoms with E-state index in [1.54, 1.807) is 52.0 Å². The minimum atomic E-state index is -1.33. The minimum absolute atomic E-state index is 0.0684. The molecule has 0 spiro atoms. The molecule has 0 bridgehead atoms. The van der Waals surface area contributed by atoms with Gasteiger partial charge >= 0.3 is 11.9 Å². The molecular formula is C56H92O18. The predicted octanol–water partition coefficient (Wildman–Crippen LogP) is 5.43. The van der Waals surface area contributed by atoms with E-state index in [4.69, 9.17) is 47.4 Å². The number of hydrogen-bond donors (Lipinski definition) is 6. The molecule has 0 unspecified atom stereocenters. The molecule has 74 heavy (non-hydrogen) atoms. The Hall–Kier alpha value is -2.66. The van der Waals surface area contributed by atoms with E-state index in [2.05, 4.69) is 0 Å². The van der Waals surface area contributed by atoms with Crippen molar-refractivity contribution in [3.05, 3.63) is 48.6 Å². The molecule has 18 heteroatoms. The van der Waals surface area contributed by atoms with Gasteiger partial charge in [-0.1, -0.05) is 91.8 Å². The van der Waals surface area contributed by atoms with Gasteiger partial charge in [0.2, 0.25) is 0 Å². The van der Waals surface area contributed by atoms with Gasteiger partial charge in [0.1, 0.15) is 24.4 Å². The highest BCUT2D eigenvalue weighted by atomic mass is 16.7. The third-order valence-corrected chi connectivity index (χ3v) is 17.1. The van der Waals surface area contributed by atoms with Crippen molar-refractivity contribution in [2.24, 2.45) is 47.3 Å². The molecule has 4 saturated heterocycles. The van der Waals surface area contributed by atoms with Crippen molar-refractivity contribution in [3.8, 4) is 0 Å². The van der Waals surface area contributed by atoms with Crippen molar-refractivity contribution >= 4 is 11.9 Å². The van der Waals surface area contributed by atoms with E-state index in [1.807, 2.05) is 55.4 Å². The van der Waals surface area contributed by atoms with Crippen LogP contribution in [0.4, 0.5) is 0 Å². The molecule has 0 aromatic heterocycles. The van der Waals surface area contributed by atoms with Crippen LogP contribution in [0.3, 0.4) is 0 Å². The molecule has 6 N–H and O–H groups in total. The van der Waals surface area contributed by atoms with Gasteiger partial charge < -0.3 is 78.0 Å². The highest BCUT2D eigenvalue weighted by molar-refractivity contribution is 5.83. The molecule has 0 aromatic carbocycles. The monoisotopic (exact) mass is 1050 g/mol. The molecule has 4 fully saturated rings. The molecule has 0 saturated carbocycles. The number of cyclic esters (lactones) is 2. The van der Waals surface area contributed by atoms with Gasteiger partial charge in [-0.3, -0.25) is 0 Å². The molecule has 0 radical (unpaired) electrons. The largest absolute Gasteiger partial charge is 0.458 e. The summed E-state index contributed by atoms with van der Waals surface area (Å²) in [5, 5.41) is 66.0. The Bertz CT molecular complexity index is 1740. The summed E-state index contributed by atoms with van der Waals surface area (Å²) < 4.78 is 62.8. The van der Waals surface area contributed by atoms with Gasteiger partial charge in [0.15, 0.2) is 24.2 Å². The summed E-state index contributed by atoms with van der Waals surface area (Å²) in [7, 11) is 3.05. The topological polar surface area (TPSA) is 248 Å². The number of allylic oxidation sites excluding steroid dienone is 4. The predicted molar refractivity (Wildman–Crippen MR) is 272 cm³/mol. The van der Waals surface area contributed by atoms with Gasteiger partial charge in [0.05, 0.1) is 61.0 Å². The average Bonchev–Trinajstić information content (AvgIpc) is 3.36. The molecule has 0 aromatic rings. The van der Waals surface area contributed by atoms with Gasteiger partial charge in [-0.15, -0.1) is 0 Å². The van der Waals surface area contributed by atoms with E-state index in [0.717, 1.165) is 0 Å². The molecule has 5 rings (SSSR count). The zero-order valence-corrected chi connectivity index (χ0v) is 46.3. The summed E-state index contributed by atoms with van der Waals surface area (Å²) >= 11 is 0. The summed E-state index contributed by atoms with van der Waals surface area (Å²) in [6, 6.07) is 0. The quantitative estimate of drug-likeness (QED) is 0.106. The van der Waals surface area contributed by atoms with Crippen molar-refractivity contribution < 1.29 is 87.6 Å². The van der Waals surface area contributed by atoms with Crippen LogP contribution in [0.1, 0.15) is 122 Å². The average molecular weight is 1050 g/mol. The number of carbonyl (C=O) groups is 2. The van der Waals surface area contributed by atoms with Crippen LogP contribution in [0, 0.1) is 47.3 Å². The van der Waals surface area contributed by atoms with Crippen LogP contribution in [0.2, 0.25) is 0 Å². The first-order valence-electron chi connectivity index (χ1n) is 27.1. The number of aliphatic hydroxyl groups excluding tert-OH is 6. The normalized spacial score (nSPS) is 43.4. The number of ether oxygens (including phenoxy) is 10. The molecule has 5 aliphatic heterocycles. The molecule has 5 aliphatic rings.